The number of carbonyl (C=O) groups is 2. The Morgan fingerprint density at radius 2 is 2.18 bits per heavy atom. The number of carboxylic acid groups (broad SMARTS) is 1. The Morgan fingerprint density at radius 1 is 1.45 bits per heavy atom. The van der Waals surface area contributed by atoms with Crippen LogP contribution in [-0.2, 0) is 10.2 Å². The number of anilines is 1. The van der Waals surface area contributed by atoms with E-state index in [1.54, 1.807) is 6.07 Å². The average molecular weight is 307 g/mol. The van der Waals surface area contributed by atoms with Crippen molar-refractivity contribution in [1.29, 1.82) is 0 Å². The maximum atomic E-state index is 12.1. The average Bonchev–Trinajstić information content (AvgIpc) is 3.17. The van der Waals surface area contributed by atoms with Gasteiger partial charge in [-0.05, 0) is 19.3 Å². The van der Waals surface area contributed by atoms with Gasteiger partial charge in [0.15, 0.2) is 5.82 Å². The van der Waals surface area contributed by atoms with E-state index in [-0.39, 0.29) is 18.0 Å². The van der Waals surface area contributed by atoms with Gasteiger partial charge in [-0.1, -0.05) is 24.9 Å². The molecule has 1 aromatic rings. The van der Waals surface area contributed by atoms with Gasteiger partial charge in [-0.2, -0.15) is 0 Å². The zero-order chi connectivity index (χ0) is 15.7. The SMILES string of the molecule is CC1(c2cc(NC(=O)N3CCC(C(=O)O)C3)no2)CCCC1. The van der Waals surface area contributed by atoms with Gasteiger partial charge in [0.2, 0.25) is 0 Å². The van der Waals surface area contributed by atoms with Crippen LogP contribution in [0, 0.1) is 5.92 Å². The van der Waals surface area contributed by atoms with Crippen molar-refractivity contribution in [3.8, 4) is 0 Å². The molecule has 0 aromatic carbocycles. The van der Waals surface area contributed by atoms with E-state index in [2.05, 4.69) is 17.4 Å². The monoisotopic (exact) mass is 307 g/mol. The van der Waals surface area contributed by atoms with Crippen molar-refractivity contribution in [1.82, 2.24) is 10.1 Å². The third-order valence-electron chi connectivity index (χ3n) is 4.87. The lowest BCUT2D eigenvalue weighted by Crippen LogP contribution is -2.33. The van der Waals surface area contributed by atoms with Crippen molar-refractivity contribution in [2.24, 2.45) is 5.92 Å². The van der Waals surface area contributed by atoms with Crippen molar-refractivity contribution >= 4 is 17.8 Å². The number of carbonyl (C=O) groups excluding carboxylic acids is 1. The topological polar surface area (TPSA) is 95.7 Å². The van der Waals surface area contributed by atoms with Gasteiger partial charge in [0.05, 0.1) is 5.92 Å². The fourth-order valence-corrected chi connectivity index (χ4v) is 3.36. The standard InChI is InChI=1S/C15H21N3O4/c1-15(5-2-3-6-15)11-8-12(17-22-11)16-14(21)18-7-4-10(9-18)13(19)20/h8,10H,2-7,9H2,1H3,(H,19,20)(H,16,17,21). The molecule has 120 valence electrons. The number of hydrogen-bond acceptors (Lipinski definition) is 4. The first-order valence-corrected chi connectivity index (χ1v) is 7.74. The summed E-state index contributed by atoms with van der Waals surface area (Å²) in [6, 6.07) is 1.47. The lowest BCUT2D eigenvalue weighted by atomic mass is 9.86. The second kappa shape index (κ2) is 5.62. The summed E-state index contributed by atoms with van der Waals surface area (Å²) in [5.74, 6) is -0.124. The lowest BCUT2D eigenvalue weighted by molar-refractivity contribution is -0.141. The van der Waals surface area contributed by atoms with E-state index in [4.69, 9.17) is 9.63 Å². The van der Waals surface area contributed by atoms with E-state index in [0.717, 1.165) is 18.6 Å². The number of aliphatic carboxylic acids is 1. The molecule has 1 atom stereocenters. The summed E-state index contributed by atoms with van der Waals surface area (Å²) in [7, 11) is 0. The van der Waals surface area contributed by atoms with Crippen molar-refractivity contribution in [2.45, 2.75) is 44.4 Å². The van der Waals surface area contributed by atoms with Crippen LogP contribution in [0.1, 0.15) is 44.8 Å². The summed E-state index contributed by atoms with van der Waals surface area (Å²) in [6.45, 7) is 2.85. The number of nitrogens with zero attached hydrogens (tertiary/aromatic N) is 2. The fourth-order valence-electron chi connectivity index (χ4n) is 3.36. The molecule has 1 aliphatic heterocycles. The van der Waals surface area contributed by atoms with Crippen molar-refractivity contribution in [2.75, 3.05) is 18.4 Å². The summed E-state index contributed by atoms with van der Waals surface area (Å²) in [4.78, 5) is 24.6. The summed E-state index contributed by atoms with van der Waals surface area (Å²) in [5.41, 5.74) is 0.0119. The molecule has 2 N–H and O–H groups in total. The van der Waals surface area contributed by atoms with Crippen LogP contribution in [0.25, 0.3) is 0 Å². The summed E-state index contributed by atoms with van der Waals surface area (Å²) in [6.07, 6.45) is 5.00. The zero-order valence-corrected chi connectivity index (χ0v) is 12.7. The summed E-state index contributed by atoms with van der Waals surface area (Å²) in [5, 5.41) is 15.6. The first kappa shape index (κ1) is 14.9. The van der Waals surface area contributed by atoms with Gasteiger partial charge in [-0.25, -0.2) is 4.79 Å². The summed E-state index contributed by atoms with van der Waals surface area (Å²) >= 11 is 0. The molecule has 2 amide bonds. The Hall–Kier alpha value is -2.05. The predicted molar refractivity (Wildman–Crippen MR) is 78.7 cm³/mol. The molecule has 0 bridgehead atoms. The molecule has 2 aliphatic rings. The number of urea groups is 1. The Bertz CT molecular complexity index is 577. The van der Waals surface area contributed by atoms with Crippen LogP contribution in [0.3, 0.4) is 0 Å². The van der Waals surface area contributed by atoms with Crippen LogP contribution in [0.5, 0.6) is 0 Å². The highest BCUT2D eigenvalue weighted by Gasteiger charge is 2.35. The quantitative estimate of drug-likeness (QED) is 0.894. The number of hydrogen-bond donors (Lipinski definition) is 2. The molecular weight excluding hydrogens is 286 g/mol. The molecule has 1 aromatic heterocycles. The summed E-state index contributed by atoms with van der Waals surface area (Å²) < 4.78 is 5.40. The second-order valence-electron chi connectivity index (χ2n) is 6.54. The molecule has 2 heterocycles. The van der Waals surface area contributed by atoms with Gasteiger partial charge in [0.25, 0.3) is 0 Å². The highest BCUT2D eigenvalue weighted by molar-refractivity contribution is 5.89. The van der Waals surface area contributed by atoms with Crippen molar-refractivity contribution in [3.05, 3.63) is 11.8 Å². The third kappa shape index (κ3) is 2.80. The molecule has 7 heteroatoms. The number of likely N-dealkylation sites (tertiary alicyclic amines) is 1. The first-order chi connectivity index (χ1) is 10.5. The van der Waals surface area contributed by atoms with E-state index in [1.165, 1.54) is 17.7 Å². The van der Waals surface area contributed by atoms with Crippen LogP contribution < -0.4 is 5.32 Å². The van der Waals surface area contributed by atoms with Gasteiger partial charge in [-0.3, -0.25) is 10.1 Å². The number of carboxylic acids is 1. The predicted octanol–water partition coefficient (Wildman–Crippen LogP) is 2.44. The first-order valence-electron chi connectivity index (χ1n) is 7.74. The molecule has 2 fully saturated rings. The number of nitrogens with one attached hydrogen (secondary N) is 1. The van der Waals surface area contributed by atoms with Crippen LogP contribution in [-0.4, -0.2) is 40.3 Å². The largest absolute Gasteiger partial charge is 0.481 e. The molecule has 1 aliphatic carbocycles. The highest BCUT2D eigenvalue weighted by atomic mass is 16.5. The molecule has 1 unspecified atom stereocenters. The molecule has 1 saturated heterocycles. The molecule has 0 spiro atoms. The van der Waals surface area contributed by atoms with Crippen molar-refractivity contribution < 1.29 is 19.2 Å². The van der Waals surface area contributed by atoms with Crippen LogP contribution in [0.4, 0.5) is 10.6 Å². The molecule has 1 saturated carbocycles. The molecule has 7 nitrogen and oxygen atoms in total. The third-order valence-corrected chi connectivity index (χ3v) is 4.87. The second-order valence-corrected chi connectivity index (χ2v) is 6.54. The van der Waals surface area contributed by atoms with E-state index in [1.807, 2.05) is 0 Å². The Labute approximate surface area is 128 Å². The van der Waals surface area contributed by atoms with Crippen LogP contribution in [0.2, 0.25) is 0 Å². The van der Waals surface area contributed by atoms with Crippen LogP contribution in [0.15, 0.2) is 10.6 Å². The highest BCUT2D eigenvalue weighted by Crippen LogP contribution is 2.41. The number of aromatic nitrogens is 1. The van der Waals surface area contributed by atoms with Gasteiger partial charge in [0.1, 0.15) is 5.76 Å². The fraction of sp³-hybridized carbons (Fsp3) is 0.667. The smallest absolute Gasteiger partial charge is 0.323 e. The number of amides is 2. The Morgan fingerprint density at radius 3 is 2.82 bits per heavy atom. The van der Waals surface area contributed by atoms with Gasteiger partial charge in [0, 0.05) is 24.6 Å². The van der Waals surface area contributed by atoms with E-state index < -0.39 is 11.9 Å². The molecular formula is C15H21N3O4. The normalized spacial score (nSPS) is 23.7. The van der Waals surface area contributed by atoms with Crippen molar-refractivity contribution in [3.63, 3.8) is 0 Å². The minimum Gasteiger partial charge on any atom is -0.481 e. The maximum absolute atomic E-state index is 12.1. The van der Waals surface area contributed by atoms with E-state index >= 15 is 0 Å². The van der Waals surface area contributed by atoms with E-state index in [9.17, 15) is 9.59 Å². The number of rotatable bonds is 3. The lowest BCUT2D eigenvalue weighted by Gasteiger charge is -2.18. The zero-order valence-electron chi connectivity index (χ0n) is 12.7. The van der Waals surface area contributed by atoms with Gasteiger partial charge in [-0.15, -0.1) is 0 Å². The molecule has 3 rings (SSSR count). The Kier molecular flexibility index (Phi) is 3.80. The Balaban J connectivity index is 1.61. The molecule has 22 heavy (non-hydrogen) atoms. The minimum absolute atomic E-state index is 0.0119. The molecule has 0 radical (unpaired) electrons. The van der Waals surface area contributed by atoms with Crippen LogP contribution >= 0.6 is 0 Å². The van der Waals surface area contributed by atoms with Gasteiger partial charge < -0.3 is 14.5 Å². The maximum Gasteiger partial charge on any atom is 0.323 e. The van der Waals surface area contributed by atoms with E-state index in [0.29, 0.717) is 18.8 Å². The minimum atomic E-state index is -0.854. The van der Waals surface area contributed by atoms with Gasteiger partial charge >= 0.3 is 12.0 Å².